The van der Waals surface area contributed by atoms with Crippen molar-refractivity contribution in [1.29, 1.82) is 0 Å². The van der Waals surface area contributed by atoms with E-state index in [1.165, 1.54) is 11.9 Å². The third-order valence-electron chi connectivity index (χ3n) is 6.27. The van der Waals surface area contributed by atoms with Crippen molar-refractivity contribution >= 4 is 28.6 Å². The van der Waals surface area contributed by atoms with Gasteiger partial charge in [0.25, 0.3) is 5.91 Å². The number of carboxylic acid groups (broad SMARTS) is 1. The first-order chi connectivity index (χ1) is 17.2. The first-order valence-electron chi connectivity index (χ1n) is 11.3. The number of morpholine rings is 1. The molecule has 0 bridgehead atoms. The van der Waals surface area contributed by atoms with Crippen molar-refractivity contribution in [3.05, 3.63) is 65.1 Å². The Bertz CT molecular complexity index is 1500. The largest absolute Gasteiger partial charge is 0.465 e. The van der Waals surface area contributed by atoms with E-state index in [1.54, 1.807) is 16.7 Å². The minimum Gasteiger partial charge on any atom is -0.465 e. The standard InChI is InChI=1S/C25H23F2N5O4/c1-13-3-4-14-9-21-30-23(22-17(26)7-15(8-18(22)27)24(33)28-2)20(32(21)12-19(14)29-13)10-16-11-31(25(34)35)5-6-36-16/h3-4,7-9,12,16H,5-6,10-11H2,1-2H3,(H,28,33)(H,34,35). The fourth-order valence-corrected chi connectivity index (χ4v) is 4.51. The van der Waals surface area contributed by atoms with Gasteiger partial charge in [-0.2, -0.15) is 0 Å². The molecule has 186 valence electrons. The Balaban J connectivity index is 1.69. The van der Waals surface area contributed by atoms with Crippen LogP contribution in [0.1, 0.15) is 21.7 Å². The zero-order valence-electron chi connectivity index (χ0n) is 19.6. The van der Waals surface area contributed by atoms with Crippen molar-refractivity contribution < 1.29 is 28.2 Å². The Morgan fingerprint density at radius 3 is 2.64 bits per heavy atom. The van der Waals surface area contributed by atoms with E-state index in [2.05, 4.69) is 15.3 Å². The molecule has 1 unspecified atom stereocenters. The van der Waals surface area contributed by atoms with Crippen LogP contribution in [0.5, 0.6) is 0 Å². The fraction of sp³-hybridized carbons (Fsp3) is 0.280. The van der Waals surface area contributed by atoms with Gasteiger partial charge in [0.15, 0.2) is 0 Å². The summed E-state index contributed by atoms with van der Waals surface area (Å²) < 4.78 is 38.1. The van der Waals surface area contributed by atoms with Crippen LogP contribution in [0.2, 0.25) is 0 Å². The van der Waals surface area contributed by atoms with Crippen molar-refractivity contribution in [3.63, 3.8) is 0 Å². The first-order valence-corrected chi connectivity index (χ1v) is 11.3. The summed E-state index contributed by atoms with van der Waals surface area (Å²) in [6.45, 7) is 2.41. The van der Waals surface area contributed by atoms with Gasteiger partial charge in [-0.15, -0.1) is 0 Å². The van der Waals surface area contributed by atoms with Crippen LogP contribution in [0.3, 0.4) is 0 Å². The average molecular weight is 495 g/mol. The van der Waals surface area contributed by atoms with Crippen molar-refractivity contribution in [2.24, 2.45) is 0 Å². The van der Waals surface area contributed by atoms with E-state index >= 15 is 8.78 Å². The molecule has 1 aromatic carbocycles. The monoisotopic (exact) mass is 495 g/mol. The number of aryl methyl sites for hydroxylation is 1. The lowest BCUT2D eigenvalue weighted by molar-refractivity contribution is -0.0214. The summed E-state index contributed by atoms with van der Waals surface area (Å²) in [5.41, 5.74) is 1.88. The molecule has 4 heterocycles. The smallest absolute Gasteiger partial charge is 0.407 e. The van der Waals surface area contributed by atoms with E-state index in [0.717, 1.165) is 23.2 Å². The Morgan fingerprint density at radius 2 is 1.94 bits per heavy atom. The summed E-state index contributed by atoms with van der Waals surface area (Å²) in [6.07, 6.45) is 0.282. The van der Waals surface area contributed by atoms with Gasteiger partial charge in [-0.3, -0.25) is 9.78 Å². The van der Waals surface area contributed by atoms with Gasteiger partial charge in [-0.05, 0) is 31.2 Å². The molecule has 0 radical (unpaired) electrons. The number of nitrogens with zero attached hydrogens (tertiary/aromatic N) is 4. The number of halogens is 2. The number of nitrogens with one attached hydrogen (secondary N) is 1. The number of ether oxygens (including phenoxy) is 1. The van der Waals surface area contributed by atoms with Crippen LogP contribution < -0.4 is 5.32 Å². The number of carbonyl (C=O) groups excluding carboxylic acids is 1. The lowest BCUT2D eigenvalue weighted by Crippen LogP contribution is -2.45. The average Bonchev–Trinajstić information content (AvgIpc) is 3.18. The highest BCUT2D eigenvalue weighted by Gasteiger charge is 2.29. The molecule has 1 atom stereocenters. The number of hydrogen-bond donors (Lipinski definition) is 2. The molecular weight excluding hydrogens is 472 g/mol. The molecule has 2 N–H and O–H groups in total. The third-order valence-corrected chi connectivity index (χ3v) is 6.27. The number of aromatic nitrogens is 3. The summed E-state index contributed by atoms with van der Waals surface area (Å²) in [7, 11) is 1.37. The number of rotatable bonds is 4. The maximum Gasteiger partial charge on any atom is 0.407 e. The topological polar surface area (TPSA) is 109 Å². The highest BCUT2D eigenvalue weighted by Crippen LogP contribution is 2.33. The highest BCUT2D eigenvalue weighted by atomic mass is 19.1. The molecule has 1 aliphatic rings. The number of fused-ring (bicyclic) bond motifs is 2. The molecule has 1 aliphatic heterocycles. The van der Waals surface area contributed by atoms with E-state index < -0.39 is 29.7 Å². The number of imidazole rings is 1. The zero-order valence-corrected chi connectivity index (χ0v) is 19.6. The van der Waals surface area contributed by atoms with Crippen LogP contribution in [0.15, 0.2) is 36.5 Å². The number of pyridine rings is 2. The number of benzene rings is 1. The van der Waals surface area contributed by atoms with Gasteiger partial charge >= 0.3 is 6.09 Å². The molecule has 3 aromatic heterocycles. The number of hydrogen-bond acceptors (Lipinski definition) is 5. The fourth-order valence-electron chi connectivity index (χ4n) is 4.51. The van der Waals surface area contributed by atoms with Gasteiger partial charge in [-0.25, -0.2) is 18.6 Å². The van der Waals surface area contributed by atoms with Gasteiger partial charge in [0.2, 0.25) is 0 Å². The van der Waals surface area contributed by atoms with Crippen LogP contribution in [-0.2, 0) is 11.2 Å². The molecule has 4 aromatic rings. The van der Waals surface area contributed by atoms with Gasteiger partial charge in [0.1, 0.15) is 17.3 Å². The van der Waals surface area contributed by atoms with Crippen LogP contribution in [0.25, 0.3) is 27.8 Å². The minimum atomic E-state index is -1.06. The Hall–Kier alpha value is -4.12. The second-order valence-corrected chi connectivity index (χ2v) is 8.66. The van der Waals surface area contributed by atoms with Crippen molar-refractivity contribution in [2.45, 2.75) is 19.4 Å². The van der Waals surface area contributed by atoms with E-state index in [9.17, 15) is 14.7 Å². The SMILES string of the molecule is CNC(=O)c1cc(F)c(-c2nc3cc4ccc(C)nc4cn3c2CC2CN(C(=O)O)CCO2)c(F)c1. The summed E-state index contributed by atoms with van der Waals surface area (Å²) in [4.78, 5) is 33.8. The van der Waals surface area contributed by atoms with E-state index in [4.69, 9.17) is 4.74 Å². The molecule has 0 saturated carbocycles. The minimum absolute atomic E-state index is 0.0523. The molecule has 11 heteroatoms. The molecule has 0 aliphatic carbocycles. The number of carbonyl (C=O) groups is 2. The summed E-state index contributed by atoms with van der Waals surface area (Å²) in [5.74, 6) is -2.49. The Labute approximate surface area is 204 Å². The molecule has 5 rings (SSSR count). The van der Waals surface area contributed by atoms with Crippen LogP contribution in [0, 0.1) is 18.6 Å². The summed E-state index contributed by atoms with van der Waals surface area (Å²) in [5, 5.41) is 12.6. The molecule has 1 fully saturated rings. The van der Waals surface area contributed by atoms with Crippen molar-refractivity contribution in [2.75, 3.05) is 26.7 Å². The van der Waals surface area contributed by atoms with Gasteiger partial charge in [0, 0.05) is 42.9 Å². The molecule has 0 spiro atoms. The maximum absolute atomic E-state index is 15.3. The van der Waals surface area contributed by atoms with Gasteiger partial charge < -0.3 is 24.5 Å². The van der Waals surface area contributed by atoms with E-state index in [1.807, 2.05) is 19.1 Å². The van der Waals surface area contributed by atoms with Gasteiger partial charge in [0.05, 0.1) is 41.7 Å². The molecule has 36 heavy (non-hydrogen) atoms. The normalized spacial score (nSPS) is 16.0. The van der Waals surface area contributed by atoms with Crippen LogP contribution >= 0.6 is 0 Å². The molecule has 9 nitrogen and oxygen atoms in total. The van der Waals surface area contributed by atoms with Crippen LogP contribution in [0.4, 0.5) is 13.6 Å². The predicted molar refractivity (Wildman–Crippen MR) is 127 cm³/mol. The van der Waals surface area contributed by atoms with Gasteiger partial charge in [-0.1, -0.05) is 6.07 Å². The summed E-state index contributed by atoms with van der Waals surface area (Å²) in [6, 6.07) is 7.46. The van der Waals surface area contributed by atoms with E-state index in [0.29, 0.717) is 16.9 Å². The summed E-state index contributed by atoms with van der Waals surface area (Å²) >= 11 is 0. The van der Waals surface area contributed by atoms with Crippen molar-refractivity contribution in [1.82, 2.24) is 24.6 Å². The quantitative estimate of drug-likeness (QED) is 0.449. The number of amides is 2. The van der Waals surface area contributed by atoms with Crippen LogP contribution in [-0.4, -0.2) is 69.2 Å². The maximum atomic E-state index is 15.3. The predicted octanol–water partition coefficient (Wildman–Crippen LogP) is 3.42. The van der Waals surface area contributed by atoms with Crippen molar-refractivity contribution in [3.8, 4) is 11.3 Å². The van der Waals surface area contributed by atoms with E-state index in [-0.39, 0.29) is 42.9 Å². The Kier molecular flexibility index (Phi) is 6.00. The molecule has 1 saturated heterocycles. The first kappa shape index (κ1) is 23.6. The second-order valence-electron chi connectivity index (χ2n) is 8.66. The second kappa shape index (κ2) is 9.15. The zero-order chi connectivity index (χ0) is 25.6. The lowest BCUT2D eigenvalue weighted by Gasteiger charge is -2.31. The Morgan fingerprint density at radius 1 is 1.19 bits per heavy atom. The lowest BCUT2D eigenvalue weighted by atomic mass is 10.0. The molecule has 2 amide bonds. The molecular formula is C25H23F2N5O4. The highest BCUT2D eigenvalue weighted by molar-refractivity contribution is 5.94. The third kappa shape index (κ3) is 4.22.